The van der Waals surface area contributed by atoms with Gasteiger partial charge in [-0.25, -0.2) is 4.79 Å². The summed E-state index contributed by atoms with van der Waals surface area (Å²) in [5.41, 5.74) is 4.45. The number of rotatable bonds is 4. The topological polar surface area (TPSA) is 117 Å². The molecule has 0 fully saturated rings. The minimum atomic E-state index is -1.64. The molecule has 2 aromatic heterocycles. The first-order chi connectivity index (χ1) is 13.9. The van der Waals surface area contributed by atoms with E-state index in [-0.39, 0.29) is 0 Å². The van der Waals surface area contributed by atoms with E-state index in [1.807, 2.05) is 13.1 Å². The number of hydrogen-bond donors (Lipinski definition) is 4. The van der Waals surface area contributed by atoms with Gasteiger partial charge in [0.15, 0.2) is 5.75 Å². The lowest BCUT2D eigenvalue weighted by Gasteiger charge is -2.13. The van der Waals surface area contributed by atoms with Gasteiger partial charge in [0.05, 0.1) is 5.69 Å². The fraction of sp³-hybridized carbons (Fsp3) is 0.333. The van der Waals surface area contributed by atoms with Crippen LogP contribution >= 0.6 is 0 Å². The highest BCUT2D eigenvalue weighted by Crippen LogP contribution is 2.40. The molecule has 2 heterocycles. The lowest BCUT2D eigenvalue weighted by Crippen LogP contribution is -2.17. The molecular formula is C21H23N3O5. The number of hydrogen-bond acceptors (Lipinski definition) is 5. The van der Waals surface area contributed by atoms with Gasteiger partial charge in [-0.1, -0.05) is 6.92 Å². The number of fused-ring (bicyclic) bond motifs is 4. The third-order valence-corrected chi connectivity index (χ3v) is 5.50. The molecule has 0 bridgehead atoms. The molecule has 0 aliphatic heterocycles. The van der Waals surface area contributed by atoms with Crippen LogP contribution in [0.5, 0.6) is 11.5 Å². The van der Waals surface area contributed by atoms with Gasteiger partial charge < -0.3 is 29.8 Å². The molecule has 8 heteroatoms. The number of pyridine rings is 1. The van der Waals surface area contributed by atoms with Gasteiger partial charge in [-0.2, -0.15) is 0 Å². The molecule has 0 radical (unpaired) electrons. The summed E-state index contributed by atoms with van der Waals surface area (Å²) in [6.45, 7) is 3.70. The van der Waals surface area contributed by atoms with Crippen molar-refractivity contribution in [1.82, 2.24) is 14.9 Å². The third kappa shape index (κ3) is 3.25. The zero-order chi connectivity index (χ0) is 20.7. The van der Waals surface area contributed by atoms with E-state index >= 15 is 0 Å². The summed E-state index contributed by atoms with van der Waals surface area (Å²) in [4.78, 5) is 26.0. The molecule has 0 saturated heterocycles. The highest BCUT2D eigenvalue weighted by molar-refractivity contribution is 5.89. The first kappa shape index (κ1) is 19.1. The van der Waals surface area contributed by atoms with Crippen molar-refractivity contribution in [2.24, 2.45) is 7.05 Å². The highest BCUT2D eigenvalue weighted by Gasteiger charge is 2.25. The average molecular weight is 397 g/mol. The van der Waals surface area contributed by atoms with Crippen LogP contribution in [0.25, 0.3) is 22.2 Å². The van der Waals surface area contributed by atoms with Crippen LogP contribution in [0.3, 0.4) is 0 Å². The number of H-pyrrole nitrogens is 1. The monoisotopic (exact) mass is 397 g/mol. The normalized spacial score (nSPS) is 13.0. The summed E-state index contributed by atoms with van der Waals surface area (Å²) < 4.78 is 6.67. The van der Waals surface area contributed by atoms with Crippen molar-refractivity contribution in [3.05, 3.63) is 45.4 Å². The van der Waals surface area contributed by atoms with E-state index in [1.165, 1.54) is 0 Å². The number of aromatic nitrogens is 2. The summed E-state index contributed by atoms with van der Waals surface area (Å²) in [6.07, 6.45) is 0.403. The minimum Gasteiger partial charge on any atom is -0.504 e. The Balaban J connectivity index is 1.91. The Bertz CT molecular complexity index is 1180. The number of ether oxygens (including phenoxy) is 1. The predicted octanol–water partition coefficient (Wildman–Crippen LogP) is 2.89. The molecule has 29 heavy (non-hydrogen) atoms. The zero-order valence-corrected chi connectivity index (χ0v) is 16.3. The standard InChI is InChI=1S/C21H23N3O5/c1-3-22-10-13-7-12-8-15-11(9-16(12)24(13)2)5-4-6-14-17(15)23-20(26)19(18(14)25)29-21(27)28/h7-9,22H,3-6,10H2,1-2H3,(H,27,28)(H2,23,25,26). The van der Waals surface area contributed by atoms with Gasteiger partial charge >= 0.3 is 6.16 Å². The zero-order valence-electron chi connectivity index (χ0n) is 16.3. The van der Waals surface area contributed by atoms with Crippen molar-refractivity contribution < 1.29 is 19.7 Å². The second kappa shape index (κ2) is 7.29. The summed E-state index contributed by atoms with van der Waals surface area (Å²) in [6, 6.07) is 6.27. The fourth-order valence-electron chi connectivity index (χ4n) is 4.07. The third-order valence-electron chi connectivity index (χ3n) is 5.50. The molecule has 1 aromatic carbocycles. The maximum Gasteiger partial charge on any atom is 0.511 e. The summed E-state index contributed by atoms with van der Waals surface area (Å²) in [5, 5.41) is 23.8. The lowest BCUT2D eigenvalue weighted by molar-refractivity contribution is 0.142. The Morgan fingerprint density at radius 2 is 2.10 bits per heavy atom. The first-order valence-electron chi connectivity index (χ1n) is 9.62. The number of nitrogens with one attached hydrogen (secondary N) is 2. The molecule has 0 amide bonds. The Hall–Kier alpha value is -3.26. The van der Waals surface area contributed by atoms with Crippen LogP contribution in [0.2, 0.25) is 0 Å². The summed E-state index contributed by atoms with van der Waals surface area (Å²) >= 11 is 0. The molecule has 0 atom stereocenters. The van der Waals surface area contributed by atoms with E-state index in [0.717, 1.165) is 53.7 Å². The smallest absolute Gasteiger partial charge is 0.504 e. The number of carbonyl (C=O) groups is 1. The Morgan fingerprint density at radius 1 is 1.31 bits per heavy atom. The van der Waals surface area contributed by atoms with Gasteiger partial charge in [-0.05, 0) is 49.6 Å². The van der Waals surface area contributed by atoms with E-state index in [2.05, 4.69) is 38.7 Å². The number of aryl methyl sites for hydroxylation is 2. The second-order valence-electron chi connectivity index (χ2n) is 7.25. The van der Waals surface area contributed by atoms with Gasteiger partial charge in [0, 0.05) is 41.3 Å². The van der Waals surface area contributed by atoms with E-state index in [0.29, 0.717) is 17.7 Å². The molecule has 152 valence electrons. The van der Waals surface area contributed by atoms with E-state index in [4.69, 9.17) is 5.11 Å². The lowest BCUT2D eigenvalue weighted by atomic mass is 9.99. The van der Waals surface area contributed by atoms with Crippen LogP contribution < -0.4 is 15.6 Å². The van der Waals surface area contributed by atoms with E-state index < -0.39 is 23.2 Å². The predicted molar refractivity (Wildman–Crippen MR) is 109 cm³/mol. The number of nitrogens with zero attached hydrogens (tertiary/aromatic N) is 1. The Morgan fingerprint density at radius 3 is 2.83 bits per heavy atom. The molecule has 1 aliphatic rings. The van der Waals surface area contributed by atoms with E-state index in [1.54, 1.807) is 0 Å². The first-order valence-corrected chi connectivity index (χ1v) is 9.62. The van der Waals surface area contributed by atoms with Crippen molar-refractivity contribution in [2.75, 3.05) is 6.54 Å². The van der Waals surface area contributed by atoms with Crippen molar-refractivity contribution >= 4 is 17.1 Å². The van der Waals surface area contributed by atoms with Crippen LogP contribution in [-0.2, 0) is 26.4 Å². The number of aromatic hydroxyl groups is 1. The summed E-state index contributed by atoms with van der Waals surface area (Å²) in [5.74, 6) is -0.978. The molecule has 4 rings (SSSR count). The Kier molecular flexibility index (Phi) is 4.79. The molecule has 0 saturated carbocycles. The highest BCUT2D eigenvalue weighted by atomic mass is 16.7. The van der Waals surface area contributed by atoms with Crippen molar-refractivity contribution in [2.45, 2.75) is 32.7 Å². The van der Waals surface area contributed by atoms with Crippen molar-refractivity contribution in [1.29, 1.82) is 0 Å². The molecule has 8 nitrogen and oxygen atoms in total. The minimum absolute atomic E-state index is 0.403. The van der Waals surface area contributed by atoms with Crippen LogP contribution in [0.1, 0.15) is 30.2 Å². The van der Waals surface area contributed by atoms with Crippen LogP contribution in [-0.4, -0.2) is 32.5 Å². The SMILES string of the molecule is CCNCc1cc2cc3c(cc2n1C)CCCc1c-3[nH]c(=O)c(OC(=O)O)c1O. The van der Waals surface area contributed by atoms with Crippen molar-refractivity contribution in [3.63, 3.8) is 0 Å². The van der Waals surface area contributed by atoms with Crippen LogP contribution in [0, 0.1) is 0 Å². The quantitative estimate of drug-likeness (QED) is 0.503. The number of aromatic amines is 1. The molecule has 0 unspecified atom stereocenters. The molecule has 0 spiro atoms. The van der Waals surface area contributed by atoms with Crippen molar-refractivity contribution in [3.8, 4) is 22.8 Å². The second-order valence-corrected chi connectivity index (χ2v) is 7.25. The Labute approximate surface area is 166 Å². The van der Waals surface area contributed by atoms with Gasteiger partial charge in [0.1, 0.15) is 0 Å². The van der Waals surface area contributed by atoms with Gasteiger partial charge in [-0.3, -0.25) is 4.79 Å². The van der Waals surface area contributed by atoms with Gasteiger partial charge in [-0.15, -0.1) is 0 Å². The summed E-state index contributed by atoms with van der Waals surface area (Å²) in [7, 11) is 2.04. The average Bonchev–Trinajstić information content (AvgIpc) is 2.87. The molecule has 3 aromatic rings. The largest absolute Gasteiger partial charge is 0.511 e. The van der Waals surface area contributed by atoms with Crippen LogP contribution in [0.4, 0.5) is 4.79 Å². The number of benzene rings is 1. The van der Waals surface area contributed by atoms with Gasteiger partial charge in [0.25, 0.3) is 5.56 Å². The maximum absolute atomic E-state index is 12.4. The maximum atomic E-state index is 12.4. The van der Waals surface area contributed by atoms with Gasteiger partial charge in [0.2, 0.25) is 5.75 Å². The number of carboxylic acid groups (broad SMARTS) is 1. The molecule has 4 N–H and O–H groups in total. The molecule has 1 aliphatic carbocycles. The fourth-order valence-corrected chi connectivity index (χ4v) is 4.07. The molecular weight excluding hydrogens is 374 g/mol. The van der Waals surface area contributed by atoms with Crippen LogP contribution in [0.15, 0.2) is 23.0 Å². The van der Waals surface area contributed by atoms with E-state index in [9.17, 15) is 14.7 Å².